The lowest BCUT2D eigenvalue weighted by molar-refractivity contribution is -0.160. The largest absolute Gasteiger partial charge is 0.504 e. The summed E-state index contributed by atoms with van der Waals surface area (Å²) >= 11 is 0. The van der Waals surface area contributed by atoms with E-state index in [2.05, 4.69) is 29.1 Å². The lowest BCUT2D eigenvalue weighted by atomic mass is 9.52. The van der Waals surface area contributed by atoms with Crippen LogP contribution in [0.15, 0.2) is 17.1 Å². The van der Waals surface area contributed by atoms with E-state index in [9.17, 15) is 15.0 Å². The minimum Gasteiger partial charge on any atom is -0.504 e. The third kappa shape index (κ3) is 4.32. The highest BCUT2D eigenvalue weighted by atomic mass is 16.5. The van der Waals surface area contributed by atoms with Crippen molar-refractivity contribution in [2.45, 2.75) is 94.0 Å². The molecule has 5 rings (SSSR count). The molecule has 10 heteroatoms. The van der Waals surface area contributed by atoms with Crippen LogP contribution in [-0.4, -0.2) is 76.4 Å². The van der Waals surface area contributed by atoms with Crippen molar-refractivity contribution in [3.63, 3.8) is 0 Å². The number of nitrogens with one attached hydrogen (secondary N) is 1. The molecule has 0 spiro atoms. The van der Waals surface area contributed by atoms with Crippen molar-refractivity contribution in [3.05, 3.63) is 23.3 Å². The maximum atomic E-state index is 13.1. The SMILES string of the molecule is CCN(CC1CC1)C1Cc2ccc(O)c3c2[C@@]2(C)[C@@H](O3)C(NC(=O)C(N)CCCN=C(N)N)CC[C@@]12O. The Morgan fingerprint density at radius 3 is 2.76 bits per heavy atom. The fourth-order valence-corrected chi connectivity index (χ4v) is 7.11. The Balaban J connectivity index is 1.41. The number of rotatable bonds is 10. The molecule has 4 aliphatic rings. The van der Waals surface area contributed by atoms with Gasteiger partial charge in [-0.15, -0.1) is 0 Å². The number of aromatic hydroxyl groups is 1. The van der Waals surface area contributed by atoms with Gasteiger partial charge in [0.2, 0.25) is 5.91 Å². The van der Waals surface area contributed by atoms with Crippen LogP contribution in [0, 0.1) is 5.92 Å². The number of carbonyl (C=O) groups excluding carboxylic acids is 1. The Hall–Kier alpha value is -2.56. The first-order valence-corrected chi connectivity index (χ1v) is 13.7. The van der Waals surface area contributed by atoms with Crippen molar-refractivity contribution in [1.29, 1.82) is 0 Å². The predicted octanol–water partition coefficient (Wildman–Crippen LogP) is 0.458. The molecule has 0 saturated heterocycles. The molecule has 1 heterocycles. The molecular formula is C27H42N6O4. The van der Waals surface area contributed by atoms with Crippen LogP contribution in [0.4, 0.5) is 0 Å². The molecule has 9 N–H and O–H groups in total. The number of ether oxygens (including phenoxy) is 1. The molecule has 10 nitrogen and oxygen atoms in total. The lowest BCUT2D eigenvalue weighted by Crippen LogP contribution is -2.74. The fraction of sp³-hybridized carbons (Fsp3) is 0.704. The normalized spacial score (nSPS) is 32.4. The van der Waals surface area contributed by atoms with Crippen LogP contribution >= 0.6 is 0 Å². The molecule has 6 atom stereocenters. The molecule has 1 amide bonds. The van der Waals surface area contributed by atoms with Crippen LogP contribution in [0.1, 0.15) is 63.5 Å². The summed E-state index contributed by atoms with van der Waals surface area (Å²) in [5, 5.41) is 26.4. The van der Waals surface area contributed by atoms with Crippen molar-refractivity contribution in [2.24, 2.45) is 28.1 Å². The molecular weight excluding hydrogens is 472 g/mol. The standard InChI is InChI=1S/C27H42N6O4/c1-3-33(14-15-6-7-15)20-13-16-8-9-19(34)22-21(16)26(2)23(37-22)18(10-11-27(20,26)36)32-24(35)17(28)5-4-12-31-25(29)30/h8-9,15,17-18,20,23,34,36H,3-7,10-14,28H2,1-2H3,(H,32,35)(H4,29,30,31)/t17?,18?,20?,23-,26-,27+/m0/s1. The Morgan fingerprint density at radius 1 is 1.32 bits per heavy atom. The second-order valence-corrected chi connectivity index (χ2v) is 11.6. The highest BCUT2D eigenvalue weighted by molar-refractivity contribution is 5.82. The summed E-state index contributed by atoms with van der Waals surface area (Å²) in [7, 11) is 0. The van der Waals surface area contributed by atoms with Gasteiger partial charge in [0.25, 0.3) is 0 Å². The third-order valence-electron chi connectivity index (χ3n) is 9.29. The Bertz CT molecular complexity index is 1070. The maximum Gasteiger partial charge on any atom is 0.237 e. The fourth-order valence-electron chi connectivity index (χ4n) is 7.11. The molecule has 204 valence electrons. The quantitative estimate of drug-likeness (QED) is 0.148. The van der Waals surface area contributed by atoms with E-state index >= 15 is 0 Å². The van der Waals surface area contributed by atoms with Crippen LogP contribution in [-0.2, 0) is 16.6 Å². The summed E-state index contributed by atoms with van der Waals surface area (Å²) in [6.07, 6.45) is 4.81. The number of nitrogens with zero attached hydrogens (tertiary/aromatic N) is 2. The van der Waals surface area contributed by atoms with E-state index in [1.807, 2.05) is 6.07 Å². The summed E-state index contributed by atoms with van der Waals surface area (Å²) < 4.78 is 6.44. The molecule has 2 fully saturated rings. The zero-order valence-corrected chi connectivity index (χ0v) is 21.9. The predicted molar refractivity (Wildman–Crippen MR) is 141 cm³/mol. The highest BCUT2D eigenvalue weighted by Crippen LogP contribution is 2.62. The molecule has 3 aliphatic carbocycles. The Labute approximate surface area is 218 Å². The van der Waals surface area contributed by atoms with Gasteiger partial charge in [0.05, 0.1) is 23.1 Å². The summed E-state index contributed by atoms with van der Waals surface area (Å²) in [6.45, 7) is 6.48. The number of hydrogen-bond donors (Lipinski definition) is 6. The van der Waals surface area contributed by atoms with Crippen molar-refractivity contribution < 1.29 is 19.7 Å². The van der Waals surface area contributed by atoms with Gasteiger partial charge in [0, 0.05) is 24.7 Å². The van der Waals surface area contributed by atoms with Crippen molar-refractivity contribution in [3.8, 4) is 11.5 Å². The first kappa shape index (κ1) is 26.1. The molecule has 3 unspecified atom stereocenters. The van der Waals surface area contributed by atoms with Gasteiger partial charge in [-0.2, -0.15) is 0 Å². The summed E-state index contributed by atoms with van der Waals surface area (Å²) in [4.78, 5) is 19.5. The Kier molecular flexibility index (Phi) is 6.79. The minimum atomic E-state index is -1.06. The van der Waals surface area contributed by atoms with Gasteiger partial charge < -0.3 is 37.5 Å². The number of aliphatic imine (C=N–C) groups is 1. The zero-order valence-electron chi connectivity index (χ0n) is 21.9. The molecule has 0 aromatic heterocycles. The smallest absolute Gasteiger partial charge is 0.237 e. The number of hydrogen-bond acceptors (Lipinski definition) is 7. The summed E-state index contributed by atoms with van der Waals surface area (Å²) in [5.74, 6) is 0.972. The van der Waals surface area contributed by atoms with E-state index in [1.54, 1.807) is 6.07 Å². The van der Waals surface area contributed by atoms with E-state index in [1.165, 1.54) is 12.8 Å². The van der Waals surface area contributed by atoms with Crippen molar-refractivity contribution >= 4 is 11.9 Å². The number of benzene rings is 1. The van der Waals surface area contributed by atoms with E-state index in [4.69, 9.17) is 21.9 Å². The second-order valence-electron chi connectivity index (χ2n) is 11.6. The minimum absolute atomic E-state index is 0.0195. The number of likely N-dealkylation sites (N-methyl/N-ethyl adjacent to an activating group) is 1. The Morgan fingerprint density at radius 2 is 2.08 bits per heavy atom. The first-order valence-electron chi connectivity index (χ1n) is 13.7. The maximum absolute atomic E-state index is 13.1. The lowest BCUT2D eigenvalue weighted by Gasteiger charge is -2.59. The molecule has 0 radical (unpaired) electrons. The van der Waals surface area contributed by atoms with Crippen molar-refractivity contribution in [2.75, 3.05) is 19.6 Å². The number of amides is 1. The van der Waals surface area contributed by atoms with Gasteiger partial charge >= 0.3 is 0 Å². The van der Waals surface area contributed by atoms with Crippen molar-refractivity contribution in [1.82, 2.24) is 10.2 Å². The summed E-state index contributed by atoms with van der Waals surface area (Å²) in [5.41, 5.74) is 17.1. The van der Waals surface area contributed by atoms with Crippen LogP contribution in [0.2, 0.25) is 0 Å². The number of phenolic OH excluding ortho intramolecular Hbond substituents is 1. The van der Waals surface area contributed by atoms with Gasteiger partial charge in [0.1, 0.15) is 6.10 Å². The van der Waals surface area contributed by atoms with Gasteiger partial charge in [-0.3, -0.25) is 14.7 Å². The number of nitrogens with two attached hydrogens (primary N) is 3. The molecule has 1 aliphatic heterocycles. The average molecular weight is 515 g/mol. The number of carbonyl (C=O) groups is 1. The third-order valence-corrected chi connectivity index (χ3v) is 9.29. The monoisotopic (exact) mass is 514 g/mol. The van der Waals surface area contributed by atoms with E-state index in [0.29, 0.717) is 50.3 Å². The van der Waals surface area contributed by atoms with Gasteiger partial charge in [-0.25, -0.2) is 0 Å². The first-order chi connectivity index (χ1) is 17.6. The van der Waals surface area contributed by atoms with Crippen LogP contribution in [0.25, 0.3) is 0 Å². The van der Waals surface area contributed by atoms with Crippen LogP contribution in [0.5, 0.6) is 11.5 Å². The van der Waals surface area contributed by atoms with Gasteiger partial charge in [-0.1, -0.05) is 13.0 Å². The number of aliphatic hydroxyl groups is 1. The number of phenols is 1. The average Bonchev–Trinajstić information content (AvgIpc) is 3.62. The molecule has 2 saturated carbocycles. The van der Waals surface area contributed by atoms with E-state index in [-0.39, 0.29) is 29.7 Å². The second kappa shape index (κ2) is 9.63. The summed E-state index contributed by atoms with van der Waals surface area (Å²) in [6, 6.07) is 2.54. The van der Waals surface area contributed by atoms with Gasteiger partial charge in [-0.05, 0) is 76.0 Å². The molecule has 1 aromatic carbocycles. The van der Waals surface area contributed by atoms with Crippen LogP contribution < -0.4 is 27.3 Å². The van der Waals surface area contributed by atoms with Gasteiger partial charge in [0.15, 0.2) is 17.5 Å². The van der Waals surface area contributed by atoms with E-state index in [0.717, 1.165) is 24.2 Å². The highest BCUT2D eigenvalue weighted by Gasteiger charge is 2.69. The topological polar surface area (TPSA) is 172 Å². The molecule has 0 bridgehead atoms. The number of guanidine groups is 1. The van der Waals surface area contributed by atoms with E-state index < -0.39 is 23.2 Å². The molecule has 37 heavy (non-hydrogen) atoms. The zero-order chi connectivity index (χ0) is 26.5. The van der Waals surface area contributed by atoms with Crippen LogP contribution in [0.3, 0.4) is 0 Å². The molecule has 1 aromatic rings.